The van der Waals surface area contributed by atoms with Gasteiger partial charge in [-0.25, -0.2) is 4.98 Å². The number of rotatable bonds is 5. The van der Waals surface area contributed by atoms with E-state index >= 15 is 0 Å². The first-order valence-electron chi connectivity index (χ1n) is 6.09. The highest BCUT2D eigenvalue weighted by atomic mass is 32.1. The molecule has 100 valence electrons. The third kappa shape index (κ3) is 3.63. The van der Waals surface area contributed by atoms with Crippen LogP contribution in [0.4, 0.5) is 0 Å². The van der Waals surface area contributed by atoms with Crippen LogP contribution in [0, 0.1) is 19.3 Å². The third-order valence-corrected chi connectivity index (χ3v) is 3.73. The Morgan fingerprint density at radius 2 is 2.11 bits per heavy atom. The zero-order valence-electron chi connectivity index (χ0n) is 11.5. The van der Waals surface area contributed by atoms with Gasteiger partial charge in [-0.1, -0.05) is 26.1 Å². The standard InChI is InChI=1S/C13H21N3OS/c1-9-8-11(17)16(10(2)15-9)7-5-6-13(3,4)12(14)18/h8H,5-7H2,1-4H3,(H2,14,18). The lowest BCUT2D eigenvalue weighted by Gasteiger charge is -2.23. The molecule has 0 bridgehead atoms. The van der Waals surface area contributed by atoms with Crippen LogP contribution in [-0.2, 0) is 6.54 Å². The van der Waals surface area contributed by atoms with Crippen molar-refractivity contribution in [1.29, 1.82) is 0 Å². The van der Waals surface area contributed by atoms with Gasteiger partial charge in [-0.3, -0.25) is 9.36 Å². The number of hydrogen-bond acceptors (Lipinski definition) is 3. The maximum atomic E-state index is 11.8. The van der Waals surface area contributed by atoms with E-state index in [9.17, 15) is 4.79 Å². The van der Waals surface area contributed by atoms with Crippen LogP contribution < -0.4 is 11.3 Å². The van der Waals surface area contributed by atoms with Gasteiger partial charge in [-0.2, -0.15) is 0 Å². The summed E-state index contributed by atoms with van der Waals surface area (Å²) in [7, 11) is 0. The molecule has 0 aliphatic heterocycles. The highest BCUT2D eigenvalue weighted by Crippen LogP contribution is 2.22. The lowest BCUT2D eigenvalue weighted by Crippen LogP contribution is -2.30. The number of hydrogen-bond donors (Lipinski definition) is 1. The number of thiocarbonyl (C=S) groups is 1. The van der Waals surface area contributed by atoms with Crippen LogP contribution in [-0.4, -0.2) is 14.5 Å². The molecule has 1 rings (SSSR count). The molecule has 0 fully saturated rings. The largest absolute Gasteiger partial charge is 0.393 e. The molecule has 0 saturated carbocycles. The molecule has 0 spiro atoms. The summed E-state index contributed by atoms with van der Waals surface area (Å²) in [4.78, 5) is 16.6. The minimum absolute atomic E-state index is 0.00753. The number of nitrogens with two attached hydrogens (primary N) is 1. The summed E-state index contributed by atoms with van der Waals surface area (Å²) in [5.41, 5.74) is 6.29. The maximum absolute atomic E-state index is 11.8. The molecule has 0 aliphatic carbocycles. The Morgan fingerprint density at radius 1 is 1.50 bits per heavy atom. The second-order valence-electron chi connectivity index (χ2n) is 5.29. The Labute approximate surface area is 113 Å². The summed E-state index contributed by atoms with van der Waals surface area (Å²) < 4.78 is 1.70. The highest BCUT2D eigenvalue weighted by molar-refractivity contribution is 7.80. The van der Waals surface area contributed by atoms with Crippen LogP contribution in [0.25, 0.3) is 0 Å². The lowest BCUT2D eigenvalue weighted by atomic mass is 9.88. The van der Waals surface area contributed by atoms with E-state index in [0.29, 0.717) is 11.5 Å². The molecule has 1 heterocycles. The molecule has 0 atom stereocenters. The van der Waals surface area contributed by atoms with Gasteiger partial charge >= 0.3 is 0 Å². The summed E-state index contributed by atoms with van der Waals surface area (Å²) in [5.74, 6) is 0.758. The van der Waals surface area contributed by atoms with E-state index in [-0.39, 0.29) is 11.0 Å². The van der Waals surface area contributed by atoms with Crippen LogP contribution >= 0.6 is 12.2 Å². The molecule has 2 N–H and O–H groups in total. The first-order chi connectivity index (χ1) is 8.24. The van der Waals surface area contributed by atoms with Crippen LogP contribution in [0.2, 0.25) is 0 Å². The van der Waals surface area contributed by atoms with Gasteiger partial charge in [0, 0.05) is 23.7 Å². The van der Waals surface area contributed by atoms with Crippen LogP contribution in [0.15, 0.2) is 10.9 Å². The van der Waals surface area contributed by atoms with E-state index in [1.165, 1.54) is 0 Å². The SMILES string of the molecule is Cc1cc(=O)n(CCCC(C)(C)C(N)=S)c(C)n1. The number of aryl methyl sites for hydroxylation is 2. The molecule has 0 radical (unpaired) electrons. The zero-order chi connectivity index (χ0) is 13.9. The summed E-state index contributed by atoms with van der Waals surface area (Å²) in [6, 6.07) is 1.56. The highest BCUT2D eigenvalue weighted by Gasteiger charge is 2.20. The van der Waals surface area contributed by atoms with Gasteiger partial charge in [0.05, 0.1) is 4.99 Å². The molecule has 0 aliphatic rings. The lowest BCUT2D eigenvalue weighted by molar-refractivity contribution is 0.429. The minimum atomic E-state index is -0.162. The normalized spacial score (nSPS) is 11.6. The van der Waals surface area contributed by atoms with Crippen LogP contribution in [0.1, 0.15) is 38.2 Å². The van der Waals surface area contributed by atoms with E-state index < -0.39 is 0 Å². The molecule has 0 saturated heterocycles. The molecule has 0 amide bonds. The van der Waals surface area contributed by atoms with E-state index in [1.54, 1.807) is 10.6 Å². The van der Waals surface area contributed by atoms with Crippen molar-refractivity contribution in [2.24, 2.45) is 11.1 Å². The second-order valence-corrected chi connectivity index (χ2v) is 5.73. The second kappa shape index (κ2) is 5.61. The van der Waals surface area contributed by atoms with Gasteiger partial charge in [0.25, 0.3) is 5.56 Å². The van der Waals surface area contributed by atoms with Crippen molar-refractivity contribution >= 4 is 17.2 Å². The summed E-state index contributed by atoms with van der Waals surface area (Å²) in [6.45, 7) is 8.39. The zero-order valence-corrected chi connectivity index (χ0v) is 12.3. The minimum Gasteiger partial charge on any atom is -0.393 e. The summed E-state index contributed by atoms with van der Waals surface area (Å²) >= 11 is 5.03. The molecular formula is C13H21N3OS. The van der Waals surface area contributed by atoms with Gasteiger partial charge in [0.15, 0.2) is 0 Å². The molecule has 18 heavy (non-hydrogen) atoms. The third-order valence-electron chi connectivity index (χ3n) is 3.18. The molecule has 1 aromatic heterocycles. The molecule has 1 aromatic rings. The monoisotopic (exact) mass is 267 g/mol. The molecule has 4 nitrogen and oxygen atoms in total. The van der Waals surface area contributed by atoms with Crippen molar-refractivity contribution in [2.75, 3.05) is 0 Å². The summed E-state index contributed by atoms with van der Waals surface area (Å²) in [6.07, 6.45) is 1.72. The predicted octanol–water partition coefficient (Wildman–Crippen LogP) is 1.95. The molecule has 0 unspecified atom stereocenters. The topological polar surface area (TPSA) is 60.9 Å². The van der Waals surface area contributed by atoms with Gasteiger partial charge in [0.1, 0.15) is 5.82 Å². The van der Waals surface area contributed by atoms with E-state index in [4.69, 9.17) is 18.0 Å². The van der Waals surface area contributed by atoms with Gasteiger partial charge in [-0.05, 0) is 26.7 Å². The van der Waals surface area contributed by atoms with Crippen molar-refractivity contribution < 1.29 is 0 Å². The Hall–Kier alpha value is -1.23. The van der Waals surface area contributed by atoms with Crippen molar-refractivity contribution in [3.05, 3.63) is 27.9 Å². The number of nitrogens with zero attached hydrogens (tertiary/aromatic N) is 2. The first kappa shape index (κ1) is 14.8. The van der Waals surface area contributed by atoms with Crippen LogP contribution in [0.3, 0.4) is 0 Å². The fraction of sp³-hybridized carbons (Fsp3) is 0.615. The van der Waals surface area contributed by atoms with Gasteiger partial charge < -0.3 is 5.73 Å². The van der Waals surface area contributed by atoms with Gasteiger partial charge in [-0.15, -0.1) is 0 Å². The quantitative estimate of drug-likeness (QED) is 0.828. The summed E-state index contributed by atoms with van der Waals surface area (Å²) in [5, 5.41) is 0. The average Bonchev–Trinajstić information content (AvgIpc) is 2.21. The Balaban J connectivity index is 2.71. The van der Waals surface area contributed by atoms with E-state index in [0.717, 1.165) is 24.4 Å². The van der Waals surface area contributed by atoms with Crippen LogP contribution in [0.5, 0.6) is 0 Å². The Morgan fingerprint density at radius 3 is 2.61 bits per heavy atom. The number of aromatic nitrogens is 2. The Kier molecular flexibility index (Phi) is 4.62. The van der Waals surface area contributed by atoms with Crippen molar-refractivity contribution in [2.45, 2.75) is 47.1 Å². The smallest absolute Gasteiger partial charge is 0.253 e. The van der Waals surface area contributed by atoms with Gasteiger partial charge in [0.2, 0.25) is 0 Å². The molecule has 5 heteroatoms. The van der Waals surface area contributed by atoms with E-state index in [2.05, 4.69) is 4.98 Å². The maximum Gasteiger partial charge on any atom is 0.253 e. The Bertz CT molecular complexity index is 505. The molecular weight excluding hydrogens is 246 g/mol. The first-order valence-corrected chi connectivity index (χ1v) is 6.50. The fourth-order valence-electron chi connectivity index (χ4n) is 1.84. The van der Waals surface area contributed by atoms with E-state index in [1.807, 2.05) is 27.7 Å². The van der Waals surface area contributed by atoms with Crippen molar-refractivity contribution in [3.8, 4) is 0 Å². The van der Waals surface area contributed by atoms with Crippen molar-refractivity contribution in [3.63, 3.8) is 0 Å². The van der Waals surface area contributed by atoms with Crippen molar-refractivity contribution in [1.82, 2.24) is 9.55 Å². The molecule has 0 aromatic carbocycles. The predicted molar refractivity (Wildman–Crippen MR) is 77.8 cm³/mol. The average molecular weight is 267 g/mol. The fourth-order valence-corrected chi connectivity index (χ4v) is 1.94.